The molecule has 0 aromatic heterocycles. The van der Waals surface area contributed by atoms with Crippen molar-refractivity contribution in [3.05, 3.63) is 346 Å². The number of benzene rings is 10. The zero-order valence-corrected chi connectivity index (χ0v) is 42.3. The van der Waals surface area contributed by atoms with Crippen molar-refractivity contribution in [1.82, 2.24) is 0 Å². The van der Waals surface area contributed by atoms with E-state index in [-0.39, 0.29) is 11.6 Å². The van der Waals surface area contributed by atoms with E-state index >= 15 is 9.59 Å². The van der Waals surface area contributed by atoms with E-state index in [9.17, 15) is 0 Å². The summed E-state index contributed by atoms with van der Waals surface area (Å²) in [6.45, 7) is 0. The fourth-order valence-electron chi connectivity index (χ4n) is 11.0. The SMILES string of the molecule is O=C1C(c2ccccc2)=C(c2ccccc2)C2=C1c1ccc(cc1)C(C#Cc1ccccc1)(C#Cc1ccccc1)c1ccc(cc1)C1=C(C(c3ccccc3)=C(c3ccccc3)C1=O)c1ccc(cc1)Oc1ccc2cc1. The van der Waals surface area contributed by atoms with Gasteiger partial charge in [-0.2, -0.15) is 0 Å². The van der Waals surface area contributed by atoms with Crippen LogP contribution in [0.3, 0.4) is 0 Å². The van der Waals surface area contributed by atoms with Gasteiger partial charge in [-0.05, 0) is 104 Å². The van der Waals surface area contributed by atoms with E-state index in [1.165, 1.54) is 0 Å². The van der Waals surface area contributed by atoms with Gasteiger partial charge >= 0.3 is 0 Å². The summed E-state index contributed by atoms with van der Waals surface area (Å²) in [7, 11) is 0. The molecule has 7 heterocycles. The summed E-state index contributed by atoms with van der Waals surface area (Å²) in [5.74, 6) is 15.7. The number of Topliss-reactive ketones (excluding diaryl/α,β-unsaturated/α-hetero) is 2. The molecule has 78 heavy (non-hydrogen) atoms. The number of ketones is 2. The van der Waals surface area contributed by atoms with Crippen LogP contribution in [-0.2, 0) is 15.0 Å². The van der Waals surface area contributed by atoms with Crippen LogP contribution in [0, 0.1) is 23.7 Å². The Labute approximate surface area is 454 Å². The van der Waals surface area contributed by atoms with E-state index in [4.69, 9.17) is 4.74 Å². The Kier molecular flexibility index (Phi) is 12.3. The number of ether oxygens (including phenoxy) is 1. The van der Waals surface area contributed by atoms with E-state index in [1.54, 1.807) is 0 Å². The van der Waals surface area contributed by atoms with Crippen molar-refractivity contribution in [1.29, 1.82) is 0 Å². The molecule has 0 N–H and O–H groups in total. The fraction of sp³-hybridized carbons (Fsp3) is 0.0133. The minimum Gasteiger partial charge on any atom is -0.457 e. The van der Waals surface area contributed by atoms with Gasteiger partial charge in [0.05, 0.1) is 0 Å². The highest BCUT2D eigenvalue weighted by Crippen LogP contribution is 2.52. The molecule has 9 aliphatic rings. The topological polar surface area (TPSA) is 43.4 Å². The summed E-state index contributed by atoms with van der Waals surface area (Å²) in [4.78, 5) is 31.1. The molecule has 364 valence electrons. The second-order valence-corrected chi connectivity index (χ2v) is 19.4. The average Bonchev–Trinajstić information content (AvgIpc) is 4.16. The summed E-state index contributed by atoms with van der Waals surface area (Å²) in [6.07, 6.45) is 0. The van der Waals surface area contributed by atoms with Crippen LogP contribution in [0.2, 0.25) is 0 Å². The molecule has 10 aromatic carbocycles. The van der Waals surface area contributed by atoms with Crippen molar-refractivity contribution in [3.8, 4) is 35.2 Å². The minimum absolute atomic E-state index is 0.0669. The molecular formula is C75H46O3. The average molecular weight is 995 g/mol. The molecule has 0 atom stereocenters. The van der Waals surface area contributed by atoms with Crippen LogP contribution >= 0.6 is 0 Å². The predicted molar refractivity (Wildman–Crippen MR) is 316 cm³/mol. The molecule has 3 nitrogen and oxygen atoms in total. The number of carbonyl (C=O) groups excluding carboxylic acids is 2. The first kappa shape index (κ1) is 47.2. The highest BCUT2D eigenvalue weighted by Gasteiger charge is 2.39. The van der Waals surface area contributed by atoms with Crippen molar-refractivity contribution in [2.75, 3.05) is 0 Å². The lowest BCUT2D eigenvalue weighted by Gasteiger charge is -2.25. The first-order valence-electron chi connectivity index (χ1n) is 26.1. The molecule has 10 aromatic rings. The van der Waals surface area contributed by atoms with E-state index < -0.39 is 5.41 Å². The zero-order chi connectivity index (χ0) is 52.4. The third kappa shape index (κ3) is 8.62. The summed E-state index contributed by atoms with van der Waals surface area (Å²) >= 11 is 0. The quantitative estimate of drug-likeness (QED) is 0.165. The van der Waals surface area contributed by atoms with Crippen LogP contribution in [0.15, 0.2) is 279 Å². The van der Waals surface area contributed by atoms with Crippen molar-refractivity contribution in [2.45, 2.75) is 5.41 Å². The molecule has 0 unspecified atom stereocenters. The maximum Gasteiger partial charge on any atom is 0.195 e. The molecule has 3 heteroatoms. The lowest BCUT2D eigenvalue weighted by Crippen LogP contribution is -2.24. The number of allylic oxidation sites excluding steroid dienone is 8. The van der Waals surface area contributed by atoms with Gasteiger partial charge in [0.25, 0.3) is 0 Å². The highest BCUT2D eigenvalue weighted by molar-refractivity contribution is 6.60. The van der Waals surface area contributed by atoms with Crippen LogP contribution in [0.25, 0.3) is 44.6 Å². The van der Waals surface area contributed by atoms with E-state index in [0.29, 0.717) is 33.8 Å². The molecule has 0 saturated heterocycles. The Morgan fingerprint density at radius 1 is 0.244 bits per heavy atom. The summed E-state index contributed by atoms with van der Waals surface area (Å²) < 4.78 is 6.61. The van der Waals surface area contributed by atoms with Gasteiger partial charge in [0.2, 0.25) is 0 Å². The molecule has 2 aliphatic carbocycles. The minimum atomic E-state index is -1.22. The number of carbonyl (C=O) groups is 2. The lowest BCUT2D eigenvalue weighted by atomic mass is 9.74. The van der Waals surface area contributed by atoms with Gasteiger partial charge in [-0.1, -0.05) is 254 Å². The van der Waals surface area contributed by atoms with E-state index in [0.717, 1.165) is 89.1 Å². The largest absolute Gasteiger partial charge is 0.457 e. The number of hydrogen-bond donors (Lipinski definition) is 0. The van der Waals surface area contributed by atoms with Gasteiger partial charge < -0.3 is 4.74 Å². The van der Waals surface area contributed by atoms with Crippen LogP contribution in [-0.4, -0.2) is 11.6 Å². The summed E-state index contributed by atoms with van der Waals surface area (Å²) in [6, 6.07) is 92.6. The Hall–Kier alpha value is -10.6. The van der Waals surface area contributed by atoms with Crippen LogP contribution in [0.4, 0.5) is 0 Å². The number of hydrogen-bond acceptors (Lipinski definition) is 3. The Morgan fingerprint density at radius 2 is 0.474 bits per heavy atom. The maximum atomic E-state index is 15.6. The molecule has 7 aliphatic heterocycles. The molecule has 0 amide bonds. The van der Waals surface area contributed by atoms with Crippen LogP contribution < -0.4 is 4.74 Å². The summed E-state index contributed by atoms with van der Waals surface area (Å²) in [5.41, 5.74) is 14.7. The van der Waals surface area contributed by atoms with Crippen molar-refractivity contribution in [2.24, 2.45) is 0 Å². The van der Waals surface area contributed by atoms with Gasteiger partial charge in [0, 0.05) is 55.7 Å². The third-order valence-corrected chi connectivity index (χ3v) is 14.7. The normalized spacial score (nSPS) is 14.3. The Bertz CT molecular complexity index is 3930. The van der Waals surface area contributed by atoms with Crippen LogP contribution in [0.5, 0.6) is 11.5 Å². The second-order valence-electron chi connectivity index (χ2n) is 19.4. The molecule has 0 saturated carbocycles. The lowest BCUT2D eigenvalue weighted by molar-refractivity contribution is -0.109. The molecule has 0 radical (unpaired) electrons. The number of rotatable bonds is 4. The fourth-order valence-corrected chi connectivity index (χ4v) is 11.0. The van der Waals surface area contributed by atoms with Gasteiger partial charge in [0.15, 0.2) is 11.6 Å². The van der Waals surface area contributed by atoms with Gasteiger partial charge in [-0.15, -0.1) is 0 Å². The van der Waals surface area contributed by atoms with Crippen molar-refractivity contribution in [3.63, 3.8) is 0 Å². The molecule has 0 spiro atoms. The predicted octanol–water partition coefficient (Wildman–Crippen LogP) is 16.4. The van der Waals surface area contributed by atoms with Crippen LogP contribution in [0.1, 0.15) is 66.8 Å². The van der Waals surface area contributed by atoms with E-state index in [2.05, 4.69) is 72.2 Å². The first-order chi connectivity index (χ1) is 38.5. The van der Waals surface area contributed by atoms with Gasteiger partial charge in [-0.25, -0.2) is 0 Å². The second kappa shape index (κ2) is 20.3. The molecule has 0 fully saturated rings. The Balaban J connectivity index is 1.08. The van der Waals surface area contributed by atoms with Crippen molar-refractivity contribution < 1.29 is 14.3 Å². The third-order valence-electron chi connectivity index (χ3n) is 14.7. The van der Waals surface area contributed by atoms with Gasteiger partial charge in [-0.3, -0.25) is 9.59 Å². The van der Waals surface area contributed by atoms with Crippen molar-refractivity contribution >= 4 is 56.2 Å². The van der Waals surface area contributed by atoms with Gasteiger partial charge in [0.1, 0.15) is 16.9 Å². The first-order valence-corrected chi connectivity index (χ1v) is 26.1. The Morgan fingerprint density at radius 3 is 0.769 bits per heavy atom. The van der Waals surface area contributed by atoms with E-state index in [1.807, 2.05) is 231 Å². The zero-order valence-electron chi connectivity index (χ0n) is 42.3. The highest BCUT2D eigenvalue weighted by atomic mass is 16.5. The smallest absolute Gasteiger partial charge is 0.195 e. The maximum absolute atomic E-state index is 15.6. The molecular weight excluding hydrogens is 949 g/mol. The summed E-state index contributed by atoms with van der Waals surface area (Å²) in [5, 5.41) is 0. The standard InChI is InChI=1S/C75H46O3/c76-73-69(55-27-15-5-16-28-55)65(53-23-11-3-12-24-53)67-57-35-43-63(44-36-57)78-64-45-37-58(38-46-64)68-66(54-25-13-4-14-26-54)70(56-29-17-6-18-30-56)74(77)72(68)60-33-41-62(42-34-60)75(49-47-51-19-7-1-8-20-51,50-48-52-21-9-2-10-22-52)61-39-31-59(32-40-61)71(67)73/h1-46H. The molecule has 19 rings (SSSR count). The molecule has 8 bridgehead atoms. The monoisotopic (exact) mass is 994 g/mol.